The lowest BCUT2D eigenvalue weighted by molar-refractivity contribution is 0.0342. The molecule has 0 aliphatic carbocycles. The number of benzene rings is 1. The lowest BCUT2D eigenvalue weighted by atomic mass is 10.2. The molecule has 1 aliphatic heterocycles. The molecule has 2 aromatic heterocycles. The largest absolute Gasteiger partial charge is 0.379 e. The first-order valence-electron chi connectivity index (χ1n) is 9.23. The Kier molecular flexibility index (Phi) is 5.41. The summed E-state index contributed by atoms with van der Waals surface area (Å²) < 4.78 is 7.25. The highest BCUT2D eigenvalue weighted by atomic mass is 16.5. The van der Waals surface area contributed by atoms with E-state index in [4.69, 9.17) is 4.74 Å². The SMILES string of the molecule is Cc1cc(NCc2cn(-c3cccc(CN4CCOCC4)c3)nn2)ccn1. The van der Waals surface area contributed by atoms with Gasteiger partial charge in [0.2, 0.25) is 0 Å². The lowest BCUT2D eigenvalue weighted by Crippen LogP contribution is -2.35. The summed E-state index contributed by atoms with van der Waals surface area (Å²) in [7, 11) is 0. The van der Waals surface area contributed by atoms with Gasteiger partial charge in [0.15, 0.2) is 0 Å². The van der Waals surface area contributed by atoms with Gasteiger partial charge in [-0.1, -0.05) is 17.3 Å². The number of aromatic nitrogens is 4. The van der Waals surface area contributed by atoms with E-state index in [1.54, 1.807) is 6.20 Å². The third-order valence-corrected chi connectivity index (χ3v) is 4.60. The van der Waals surface area contributed by atoms with Crippen molar-refractivity contribution in [3.63, 3.8) is 0 Å². The Morgan fingerprint density at radius 2 is 2.04 bits per heavy atom. The molecule has 1 fully saturated rings. The Hall–Kier alpha value is -2.77. The topological polar surface area (TPSA) is 68.1 Å². The molecule has 3 heterocycles. The molecular formula is C20H24N6O. The minimum absolute atomic E-state index is 0.622. The monoisotopic (exact) mass is 364 g/mol. The van der Waals surface area contributed by atoms with Crippen LogP contribution in [-0.4, -0.2) is 51.2 Å². The van der Waals surface area contributed by atoms with E-state index >= 15 is 0 Å². The van der Waals surface area contributed by atoms with Crippen LogP contribution in [0.5, 0.6) is 0 Å². The van der Waals surface area contributed by atoms with E-state index in [9.17, 15) is 0 Å². The molecule has 0 radical (unpaired) electrons. The number of nitrogens with one attached hydrogen (secondary N) is 1. The van der Waals surface area contributed by atoms with Crippen molar-refractivity contribution in [1.29, 1.82) is 0 Å². The van der Waals surface area contributed by atoms with Crippen LogP contribution < -0.4 is 5.32 Å². The summed E-state index contributed by atoms with van der Waals surface area (Å²) in [6, 6.07) is 12.4. The van der Waals surface area contributed by atoms with Crippen molar-refractivity contribution in [2.75, 3.05) is 31.6 Å². The van der Waals surface area contributed by atoms with Gasteiger partial charge < -0.3 is 10.1 Å². The van der Waals surface area contributed by atoms with E-state index in [-0.39, 0.29) is 0 Å². The number of nitrogens with zero attached hydrogens (tertiary/aromatic N) is 5. The number of hydrogen-bond acceptors (Lipinski definition) is 6. The van der Waals surface area contributed by atoms with E-state index < -0.39 is 0 Å². The maximum absolute atomic E-state index is 5.42. The Morgan fingerprint density at radius 1 is 1.15 bits per heavy atom. The fraction of sp³-hybridized carbons (Fsp3) is 0.350. The Labute approximate surface area is 159 Å². The van der Waals surface area contributed by atoms with Crippen molar-refractivity contribution in [2.24, 2.45) is 0 Å². The highest BCUT2D eigenvalue weighted by Gasteiger charge is 2.11. The molecule has 4 rings (SSSR count). The van der Waals surface area contributed by atoms with Crippen LogP contribution in [0.3, 0.4) is 0 Å². The number of aryl methyl sites for hydroxylation is 1. The zero-order valence-corrected chi connectivity index (χ0v) is 15.5. The van der Waals surface area contributed by atoms with Gasteiger partial charge in [-0.25, -0.2) is 4.68 Å². The van der Waals surface area contributed by atoms with Crippen molar-refractivity contribution in [3.8, 4) is 5.69 Å². The van der Waals surface area contributed by atoms with Crippen molar-refractivity contribution in [2.45, 2.75) is 20.0 Å². The van der Waals surface area contributed by atoms with Gasteiger partial charge >= 0.3 is 0 Å². The van der Waals surface area contributed by atoms with Crippen molar-refractivity contribution in [3.05, 3.63) is 65.7 Å². The molecule has 0 unspecified atom stereocenters. The van der Waals surface area contributed by atoms with Crippen LogP contribution in [0, 0.1) is 6.92 Å². The Balaban J connectivity index is 1.41. The predicted octanol–water partition coefficient (Wildman–Crippen LogP) is 2.42. The first-order chi connectivity index (χ1) is 13.3. The molecule has 1 N–H and O–H groups in total. The molecule has 3 aromatic rings. The van der Waals surface area contributed by atoms with Gasteiger partial charge in [-0.05, 0) is 36.8 Å². The van der Waals surface area contributed by atoms with Crippen LogP contribution >= 0.6 is 0 Å². The average Bonchev–Trinajstić information content (AvgIpc) is 3.17. The number of anilines is 1. The standard InChI is InChI=1S/C20H24N6O/c1-16-11-18(5-6-21-16)22-13-19-15-26(24-23-19)20-4-2-3-17(12-20)14-25-7-9-27-10-8-25/h2-6,11-12,15H,7-10,13-14H2,1H3,(H,21,22). The zero-order valence-electron chi connectivity index (χ0n) is 15.5. The molecule has 1 aromatic carbocycles. The van der Waals surface area contributed by atoms with Gasteiger partial charge in [0, 0.05) is 37.2 Å². The summed E-state index contributed by atoms with van der Waals surface area (Å²) in [6.45, 7) is 7.13. The molecule has 0 bridgehead atoms. The van der Waals surface area contributed by atoms with Crippen molar-refractivity contribution in [1.82, 2.24) is 24.9 Å². The van der Waals surface area contributed by atoms with E-state index in [1.165, 1.54) is 5.56 Å². The van der Waals surface area contributed by atoms with Gasteiger partial charge in [0.1, 0.15) is 5.69 Å². The fourth-order valence-electron chi connectivity index (χ4n) is 3.17. The van der Waals surface area contributed by atoms with Crippen LogP contribution in [0.1, 0.15) is 17.0 Å². The van der Waals surface area contributed by atoms with Crippen molar-refractivity contribution < 1.29 is 4.74 Å². The Morgan fingerprint density at radius 3 is 2.89 bits per heavy atom. The van der Waals surface area contributed by atoms with Crippen LogP contribution in [0.2, 0.25) is 0 Å². The van der Waals surface area contributed by atoms with Gasteiger partial charge in [0.25, 0.3) is 0 Å². The highest BCUT2D eigenvalue weighted by Crippen LogP contribution is 2.14. The lowest BCUT2D eigenvalue weighted by Gasteiger charge is -2.26. The third-order valence-electron chi connectivity index (χ3n) is 4.60. The van der Waals surface area contributed by atoms with Gasteiger partial charge in [-0.3, -0.25) is 9.88 Å². The maximum atomic E-state index is 5.42. The zero-order chi connectivity index (χ0) is 18.5. The molecular weight excluding hydrogens is 340 g/mol. The van der Waals surface area contributed by atoms with E-state index in [0.29, 0.717) is 6.54 Å². The molecule has 0 spiro atoms. The highest BCUT2D eigenvalue weighted by molar-refractivity contribution is 5.43. The number of ether oxygens (including phenoxy) is 1. The summed E-state index contributed by atoms with van der Waals surface area (Å²) in [4.78, 5) is 6.62. The van der Waals surface area contributed by atoms with Crippen LogP contribution in [-0.2, 0) is 17.8 Å². The van der Waals surface area contributed by atoms with E-state index in [2.05, 4.69) is 49.8 Å². The van der Waals surface area contributed by atoms with Crippen LogP contribution in [0.15, 0.2) is 48.8 Å². The molecule has 0 atom stereocenters. The van der Waals surface area contributed by atoms with Crippen molar-refractivity contribution >= 4 is 5.69 Å². The first-order valence-corrected chi connectivity index (χ1v) is 9.23. The summed E-state index contributed by atoms with van der Waals surface area (Å²) in [6.07, 6.45) is 3.77. The van der Waals surface area contributed by atoms with Gasteiger partial charge in [-0.2, -0.15) is 0 Å². The summed E-state index contributed by atoms with van der Waals surface area (Å²) in [5.74, 6) is 0. The predicted molar refractivity (Wildman–Crippen MR) is 104 cm³/mol. The third kappa shape index (κ3) is 4.69. The Bertz CT molecular complexity index is 887. The maximum Gasteiger partial charge on any atom is 0.102 e. The number of morpholine rings is 1. The minimum atomic E-state index is 0.622. The van der Waals surface area contributed by atoms with Gasteiger partial charge in [0.05, 0.1) is 31.6 Å². The van der Waals surface area contributed by atoms with Gasteiger partial charge in [-0.15, -0.1) is 5.10 Å². The minimum Gasteiger partial charge on any atom is -0.379 e. The van der Waals surface area contributed by atoms with Crippen LogP contribution in [0.4, 0.5) is 5.69 Å². The molecule has 0 amide bonds. The van der Waals surface area contributed by atoms with Crippen LogP contribution in [0.25, 0.3) is 5.69 Å². The molecule has 7 heteroatoms. The summed E-state index contributed by atoms with van der Waals surface area (Å²) in [5.41, 5.74) is 5.21. The molecule has 1 aliphatic rings. The molecule has 7 nitrogen and oxygen atoms in total. The molecule has 140 valence electrons. The average molecular weight is 364 g/mol. The molecule has 1 saturated heterocycles. The molecule has 0 saturated carbocycles. The van der Waals surface area contributed by atoms with E-state index in [0.717, 1.165) is 55.6 Å². The number of rotatable bonds is 6. The quantitative estimate of drug-likeness (QED) is 0.724. The van der Waals surface area contributed by atoms with E-state index in [1.807, 2.05) is 29.9 Å². The number of pyridine rings is 1. The second-order valence-corrected chi connectivity index (χ2v) is 6.75. The number of hydrogen-bond donors (Lipinski definition) is 1. The summed E-state index contributed by atoms with van der Waals surface area (Å²) >= 11 is 0. The first kappa shape index (κ1) is 17.6. The summed E-state index contributed by atoms with van der Waals surface area (Å²) in [5, 5.41) is 11.9. The second kappa shape index (κ2) is 8.28. The fourth-order valence-corrected chi connectivity index (χ4v) is 3.17. The normalized spacial score (nSPS) is 15.0. The second-order valence-electron chi connectivity index (χ2n) is 6.75. The molecule has 27 heavy (non-hydrogen) atoms. The smallest absolute Gasteiger partial charge is 0.102 e.